The Bertz CT molecular complexity index is 232. The topological polar surface area (TPSA) is 21.3 Å². The van der Waals surface area contributed by atoms with Crippen LogP contribution in [0, 0.1) is 10.8 Å². The second kappa shape index (κ2) is 2.96. The van der Waals surface area contributed by atoms with Crippen molar-refractivity contribution in [2.45, 2.75) is 44.6 Å². The predicted octanol–water partition coefficient (Wildman–Crippen LogP) is 1.95. The van der Waals surface area contributed by atoms with Gasteiger partial charge in [-0.3, -0.25) is 0 Å². The van der Waals surface area contributed by atoms with Crippen LogP contribution in [0.3, 0.4) is 0 Å². The minimum atomic E-state index is 0.618. The third-order valence-electron chi connectivity index (χ3n) is 5.10. The molecule has 2 heteroatoms. The van der Waals surface area contributed by atoms with Gasteiger partial charge in [-0.05, 0) is 51.0 Å². The molecule has 2 spiro atoms. The lowest BCUT2D eigenvalue weighted by molar-refractivity contribution is -0.199. The highest BCUT2D eigenvalue weighted by atomic mass is 16.5. The van der Waals surface area contributed by atoms with E-state index in [-0.39, 0.29) is 0 Å². The minimum absolute atomic E-state index is 0.618. The zero-order valence-corrected chi connectivity index (χ0v) is 9.14. The van der Waals surface area contributed by atoms with Crippen LogP contribution < -0.4 is 5.32 Å². The Hall–Kier alpha value is -0.0800. The first-order valence-corrected chi connectivity index (χ1v) is 6.09. The van der Waals surface area contributed by atoms with E-state index in [0.29, 0.717) is 11.5 Å². The minimum Gasteiger partial charge on any atom is -0.376 e. The maximum absolute atomic E-state index is 5.99. The molecule has 0 aromatic rings. The summed E-state index contributed by atoms with van der Waals surface area (Å²) in [6.45, 7) is 1.90. The van der Waals surface area contributed by atoms with Crippen LogP contribution in [0.2, 0.25) is 0 Å². The molecule has 1 N–H and O–H groups in total. The summed E-state index contributed by atoms with van der Waals surface area (Å²) in [4.78, 5) is 0. The molecular formula is C12H21NO. The van der Waals surface area contributed by atoms with Gasteiger partial charge < -0.3 is 10.1 Å². The van der Waals surface area contributed by atoms with Crippen LogP contribution in [0.4, 0.5) is 0 Å². The molecule has 0 aliphatic heterocycles. The molecular weight excluding hydrogens is 174 g/mol. The molecule has 2 unspecified atom stereocenters. The fraction of sp³-hybridized carbons (Fsp3) is 1.00. The maximum Gasteiger partial charge on any atom is 0.0637 e. The van der Waals surface area contributed by atoms with Crippen molar-refractivity contribution >= 4 is 0 Å². The van der Waals surface area contributed by atoms with Gasteiger partial charge in [0.15, 0.2) is 0 Å². The first-order chi connectivity index (χ1) is 6.83. The van der Waals surface area contributed by atoms with E-state index in [1.807, 2.05) is 7.05 Å². The molecule has 3 fully saturated rings. The summed E-state index contributed by atoms with van der Waals surface area (Å²) in [5.41, 5.74) is 1.45. The molecule has 3 aliphatic carbocycles. The lowest BCUT2D eigenvalue weighted by atomic mass is 9.46. The number of nitrogens with one attached hydrogen (secondary N) is 1. The molecule has 0 bridgehead atoms. The zero-order chi connectivity index (χ0) is 9.65. The van der Waals surface area contributed by atoms with Crippen LogP contribution in [-0.4, -0.2) is 26.3 Å². The van der Waals surface area contributed by atoms with Gasteiger partial charge >= 0.3 is 0 Å². The normalized spacial score (nSPS) is 42.2. The van der Waals surface area contributed by atoms with Crippen molar-refractivity contribution in [3.05, 3.63) is 0 Å². The molecule has 0 aromatic carbocycles. The van der Waals surface area contributed by atoms with Crippen LogP contribution in [0.1, 0.15) is 38.5 Å². The molecule has 0 heterocycles. The van der Waals surface area contributed by atoms with Crippen LogP contribution in [0.5, 0.6) is 0 Å². The smallest absolute Gasteiger partial charge is 0.0637 e. The Morgan fingerprint density at radius 3 is 2.43 bits per heavy atom. The quantitative estimate of drug-likeness (QED) is 0.692. The van der Waals surface area contributed by atoms with Crippen LogP contribution in [-0.2, 0) is 4.74 Å². The number of likely N-dealkylation sites (N-methyl/N-ethyl adjacent to an activating group) is 1. The van der Waals surface area contributed by atoms with Gasteiger partial charge in [-0.1, -0.05) is 0 Å². The molecule has 2 nitrogen and oxygen atoms in total. The molecule has 0 radical (unpaired) electrons. The fourth-order valence-electron chi connectivity index (χ4n) is 3.75. The number of ether oxygens (including phenoxy) is 1. The summed E-state index contributed by atoms with van der Waals surface area (Å²) >= 11 is 0. The van der Waals surface area contributed by atoms with Gasteiger partial charge in [-0.25, -0.2) is 0 Å². The number of fused-ring (bicyclic) bond motifs is 1. The third-order valence-corrected chi connectivity index (χ3v) is 5.10. The summed E-state index contributed by atoms with van der Waals surface area (Å²) in [5.74, 6) is 0. The average molecular weight is 195 g/mol. The fourth-order valence-corrected chi connectivity index (χ4v) is 3.75. The van der Waals surface area contributed by atoms with Crippen molar-refractivity contribution in [1.29, 1.82) is 0 Å². The van der Waals surface area contributed by atoms with Gasteiger partial charge in [-0.2, -0.15) is 0 Å². The van der Waals surface area contributed by atoms with Crippen LogP contribution in [0.25, 0.3) is 0 Å². The van der Waals surface area contributed by atoms with Gasteiger partial charge in [-0.15, -0.1) is 0 Å². The van der Waals surface area contributed by atoms with E-state index in [9.17, 15) is 0 Å². The summed E-state index contributed by atoms with van der Waals surface area (Å²) in [7, 11) is 1.99. The Morgan fingerprint density at radius 1 is 1.21 bits per heavy atom. The molecule has 80 valence electrons. The van der Waals surface area contributed by atoms with Gasteiger partial charge in [0, 0.05) is 12.0 Å². The van der Waals surface area contributed by atoms with Crippen molar-refractivity contribution in [3.8, 4) is 0 Å². The second-order valence-electron chi connectivity index (χ2n) is 5.44. The molecule has 14 heavy (non-hydrogen) atoms. The van der Waals surface area contributed by atoms with Gasteiger partial charge in [0.2, 0.25) is 0 Å². The van der Waals surface area contributed by atoms with E-state index in [2.05, 4.69) is 5.32 Å². The van der Waals surface area contributed by atoms with Crippen molar-refractivity contribution in [2.75, 3.05) is 20.2 Å². The Kier molecular flexibility index (Phi) is 1.94. The third kappa shape index (κ3) is 0.989. The first-order valence-electron chi connectivity index (χ1n) is 6.09. The largest absolute Gasteiger partial charge is 0.376 e. The molecule has 0 amide bonds. The molecule has 3 rings (SSSR count). The number of hydrogen-bond donors (Lipinski definition) is 1. The highest BCUT2D eigenvalue weighted by Crippen LogP contribution is 2.78. The molecule has 0 saturated heterocycles. The summed E-state index contributed by atoms with van der Waals surface area (Å²) in [6, 6.07) is 0. The highest BCUT2D eigenvalue weighted by molar-refractivity contribution is 5.21. The van der Waals surface area contributed by atoms with Gasteiger partial charge in [0.1, 0.15) is 0 Å². The van der Waals surface area contributed by atoms with E-state index >= 15 is 0 Å². The van der Waals surface area contributed by atoms with Crippen molar-refractivity contribution in [3.63, 3.8) is 0 Å². The number of rotatable bonds is 4. The molecule has 3 aliphatic rings. The predicted molar refractivity (Wildman–Crippen MR) is 56.2 cm³/mol. The van der Waals surface area contributed by atoms with E-state index in [1.54, 1.807) is 0 Å². The SMILES string of the molecule is CNCCOC1CCC12CCC21CC1. The molecule has 0 aromatic heterocycles. The average Bonchev–Trinajstić information content (AvgIpc) is 2.90. The van der Waals surface area contributed by atoms with E-state index in [4.69, 9.17) is 4.74 Å². The Labute approximate surface area is 86.4 Å². The van der Waals surface area contributed by atoms with E-state index < -0.39 is 0 Å². The van der Waals surface area contributed by atoms with Crippen LogP contribution in [0.15, 0.2) is 0 Å². The van der Waals surface area contributed by atoms with E-state index in [1.165, 1.54) is 38.5 Å². The number of hydrogen-bond acceptors (Lipinski definition) is 2. The van der Waals surface area contributed by atoms with Crippen molar-refractivity contribution < 1.29 is 4.74 Å². The summed E-state index contributed by atoms with van der Waals surface area (Å²) in [6.07, 6.45) is 9.35. The highest BCUT2D eigenvalue weighted by Gasteiger charge is 2.71. The van der Waals surface area contributed by atoms with E-state index in [0.717, 1.165) is 18.6 Å². The second-order valence-corrected chi connectivity index (χ2v) is 5.44. The standard InChI is InChI=1S/C12H21NO/c1-13-8-9-14-10-2-3-12(10)7-6-11(12)4-5-11/h10,13H,2-9H2,1H3. The van der Waals surface area contributed by atoms with Crippen molar-refractivity contribution in [2.24, 2.45) is 10.8 Å². The monoisotopic (exact) mass is 195 g/mol. The van der Waals surface area contributed by atoms with Crippen LogP contribution >= 0.6 is 0 Å². The van der Waals surface area contributed by atoms with Gasteiger partial charge in [0.05, 0.1) is 12.7 Å². The van der Waals surface area contributed by atoms with Crippen molar-refractivity contribution in [1.82, 2.24) is 5.32 Å². The molecule has 2 atom stereocenters. The summed E-state index contributed by atoms with van der Waals surface area (Å²) in [5, 5.41) is 3.15. The lowest BCUT2D eigenvalue weighted by Crippen LogP contribution is -2.58. The molecule has 3 saturated carbocycles. The zero-order valence-electron chi connectivity index (χ0n) is 9.14. The summed E-state index contributed by atoms with van der Waals surface area (Å²) < 4.78 is 5.99. The maximum atomic E-state index is 5.99. The van der Waals surface area contributed by atoms with Gasteiger partial charge in [0.25, 0.3) is 0 Å². The Morgan fingerprint density at radius 2 is 2.00 bits per heavy atom. The lowest BCUT2D eigenvalue weighted by Gasteiger charge is -2.62. The Balaban J connectivity index is 1.55. The first kappa shape index (κ1) is 9.17.